The average Bonchev–Trinajstić information content (AvgIpc) is 3.37. The summed E-state index contributed by atoms with van der Waals surface area (Å²) in [6, 6.07) is 22.3. The molecule has 5 rings (SSSR count). The summed E-state index contributed by atoms with van der Waals surface area (Å²) in [5.74, 6) is -0.422. The second-order valence-corrected chi connectivity index (χ2v) is 9.41. The highest BCUT2D eigenvalue weighted by Gasteiger charge is 2.26. The van der Waals surface area contributed by atoms with Gasteiger partial charge >= 0.3 is 5.97 Å². The molecule has 8 nitrogen and oxygen atoms in total. The second kappa shape index (κ2) is 8.60. The van der Waals surface area contributed by atoms with Gasteiger partial charge in [0.05, 0.1) is 16.9 Å². The fraction of sp³-hybridized carbons (Fsp3) is 0.0800. The van der Waals surface area contributed by atoms with Crippen molar-refractivity contribution in [2.45, 2.75) is 16.4 Å². The van der Waals surface area contributed by atoms with Gasteiger partial charge in [0.2, 0.25) is 9.84 Å². The largest absolute Gasteiger partial charge is 0.486 e. The van der Waals surface area contributed by atoms with Crippen molar-refractivity contribution in [3.8, 4) is 5.75 Å². The Morgan fingerprint density at radius 3 is 2.32 bits per heavy atom. The summed E-state index contributed by atoms with van der Waals surface area (Å²) < 4.78 is 38.9. The normalized spacial score (nSPS) is 11.6. The third kappa shape index (κ3) is 3.65. The van der Waals surface area contributed by atoms with E-state index in [0.29, 0.717) is 16.4 Å². The Hall–Kier alpha value is -4.24. The number of esters is 1. The molecular weight excluding hydrogens is 454 g/mol. The van der Waals surface area contributed by atoms with E-state index in [2.05, 4.69) is 10.1 Å². The highest BCUT2D eigenvalue weighted by molar-refractivity contribution is 7.91. The number of methoxy groups -OCH3 is 1. The Morgan fingerprint density at radius 1 is 0.912 bits per heavy atom. The lowest BCUT2D eigenvalue weighted by Gasteiger charge is -2.16. The minimum Gasteiger partial charge on any atom is -0.486 e. The van der Waals surface area contributed by atoms with Gasteiger partial charge in [-0.1, -0.05) is 48.5 Å². The number of nitrogens with zero attached hydrogens (tertiary/aromatic N) is 3. The summed E-state index contributed by atoms with van der Waals surface area (Å²) in [6.07, 6.45) is 1.29. The van der Waals surface area contributed by atoms with Crippen LogP contribution in [0, 0.1) is 0 Å². The molecule has 2 heterocycles. The Kier molecular flexibility index (Phi) is 5.46. The molecule has 0 saturated carbocycles. The van der Waals surface area contributed by atoms with E-state index in [4.69, 9.17) is 9.47 Å². The summed E-state index contributed by atoms with van der Waals surface area (Å²) in [4.78, 5) is 17.3. The van der Waals surface area contributed by atoms with Crippen LogP contribution in [0.2, 0.25) is 0 Å². The summed E-state index contributed by atoms with van der Waals surface area (Å²) in [7, 11) is -2.50. The lowest BCUT2D eigenvalue weighted by Crippen LogP contribution is -2.13. The molecule has 0 saturated heterocycles. The highest BCUT2D eigenvalue weighted by atomic mass is 32.2. The van der Waals surface area contributed by atoms with Gasteiger partial charge in [-0.3, -0.25) is 0 Å². The molecule has 0 aliphatic rings. The van der Waals surface area contributed by atoms with E-state index >= 15 is 0 Å². The molecule has 0 aliphatic heterocycles. The molecule has 170 valence electrons. The summed E-state index contributed by atoms with van der Waals surface area (Å²) in [5, 5.41) is 5.17. The lowest BCUT2D eigenvalue weighted by molar-refractivity contribution is 0.0585. The van der Waals surface area contributed by atoms with Crippen LogP contribution in [-0.4, -0.2) is 36.1 Å². The molecule has 0 aliphatic carbocycles. The Morgan fingerprint density at radius 2 is 1.62 bits per heavy atom. The zero-order valence-electron chi connectivity index (χ0n) is 18.1. The molecule has 0 bridgehead atoms. The van der Waals surface area contributed by atoms with Gasteiger partial charge in [-0.25, -0.2) is 22.7 Å². The van der Waals surface area contributed by atoms with Gasteiger partial charge in [0.1, 0.15) is 12.9 Å². The molecule has 34 heavy (non-hydrogen) atoms. The number of ether oxygens (including phenoxy) is 2. The van der Waals surface area contributed by atoms with Crippen LogP contribution in [-0.2, 0) is 21.2 Å². The maximum absolute atomic E-state index is 13.2. The number of aromatic nitrogens is 3. The van der Waals surface area contributed by atoms with E-state index in [1.165, 1.54) is 30.1 Å². The smallest absolute Gasteiger partial charge is 0.360 e. The maximum Gasteiger partial charge on any atom is 0.360 e. The van der Waals surface area contributed by atoms with Crippen LogP contribution in [0.3, 0.4) is 0 Å². The topological polar surface area (TPSA) is 99.9 Å². The standard InChI is InChI=1S/C25H19N3O5S/c1-32-25(29)22-23(33-15-17-8-4-2-5-9-17)20-13-12-19(14-21(20)24-26-16-27-28(22)24)34(30,31)18-10-6-3-7-11-18/h2-14,16H,15H2,1H3. The number of rotatable bonds is 6. The fourth-order valence-electron chi connectivity index (χ4n) is 3.77. The Balaban J connectivity index is 1.73. The third-order valence-electron chi connectivity index (χ3n) is 5.42. The maximum atomic E-state index is 13.2. The van der Waals surface area contributed by atoms with E-state index in [1.807, 2.05) is 30.3 Å². The summed E-state index contributed by atoms with van der Waals surface area (Å²) >= 11 is 0. The molecule has 0 radical (unpaired) electrons. The molecule has 2 aromatic heterocycles. The third-order valence-corrected chi connectivity index (χ3v) is 7.19. The van der Waals surface area contributed by atoms with E-state index in [9.17, 15) is 13.2 Å². The van der Waals surface area contributed by atoms with Crippen LogP contribution >= 0.6 is 0 Å². The number of benzene rings is 3. The molecule has 0 atom stereocenters. The lowest BCUT2D eigenvalue weighted by atomic mass is 10.1. The highest BCUT2D eigenvalue weighted by Crippen LogP contribution is 2.35. The Bertz CT molecular complexity index is 1610. The number of sulfone groups is 1. The summed E-state index contributed by atoms with van der Waals surface area (Å²) in [5.41, 5.74) is 1.28. The van der Waals surface area contributed by atoms with Crippen LogP contribution in [0.5, 0.6) is 5.75 Å². The van der Waals surface area contributed by atoms with Crippen LogP contribution in [0.15, 0.2) is 95.0 Å². The molecule has 0 fully saturated rings. The first kappa shape index (κ1) is 21.6. The zero-order chi connectivity index (χ0) is 23.7. The van der Waals surface area contributed by atoms with E-state index in [-0.39, 0.29) is 27.8 Å². The van der Waals surface area contributed by atoms with Crippen molar-refractivity contribution in [3.63, 3.8) is 0 Å². The molecular formula is C25H19N3O5S. The molecule has 3 aromatic carbocycles. The molecule has 0 unspecified atom stereocenters. The van der Waals surface area contributed by atoms with Gasteiger partial charge in [-0.15, -0.1) is 0 Å². The predicted octanol–water partition coefficient (Wildman–Crippen LogP) is 4.08. The molecule has 0 N–H and O–H groups in total. The molecule has 0 amide bonds. The average molecular weight is 474 g/mol. The van der Waals surface area contributed by atoms with Crippen LogP contribution < -0.4 is 4.74 Å². The van der Waals surface area contributed by atoms with Crippen molar-refractivity contribution in [2.24, 2.45) is 0 Å². The molecule has 0 spiro atoms. The number of carbonyl (C=O) groups excluding carboxylic acids is 1. The van der Waals surface area contributed by atoms with Crippen LogP contribution in [0.1, 0.15) is 16.1 Å². The first-order valence-corrected chi connectivity index (χ1v) is 11.8. The predicted molar refractivity (Wildman–Crippen MR) is 125 cm³/mol. The van der Waals surface area contributed by atoms with Crippen molar-refractivity contribution in [3.05, 3.63) is 96.4 Å². The zero-order valence-corrected chi connectivity index (χ0v) is 18.9. The minimum atomic E-state index is -3.77. The van der Waals surface area contributed by atoms with E-state index in [0.717, 1.165) is 5.56 Å². The Labute approximate surface area is 195 Å². The second-order valence-electron chi connectivity index (χ2n) is 7.46. The van der Waals surface area contributed by atoms with Gasteiger partial charge in [0.25, 0.3) is 0 Å². The number of fused-ring (bicyclic) bond motifs is 3. The van der Waals surface area contributed by atoms with Crippen LogP contribution in [0.4, 0.5) is 0 Å². The van der Waals surface area contributed by atoms with Crippen molar-refractivity contribution < 1.29 is 22.7 Å². The first-order valence-electron chi connectivity index (χ1n) is 10.4. The van der Waals surface area contributed by atoms with Gasteiger partial charge in [0, 0.05) is 10.8 Å². The number of carbonyl (C=O) groups is 1. The molecule has 5 aromatic rings. The van der Waals surface area contributed by atoms with Crippen LogP contribution in [0.25, 0.3) is 16.4 Å². The van der Waals surface area contributed by atoms with Crippen molar-refractivity contribution in [2.75, 3.05) is 7.11 Å². The number of hydrogen-bond donors (Lipinski definition) is 0. The van der Waals surface area contributed by atoms with E-state index < -0.39 is 15.8 Å². The monoisotopic (exact) mass is 473 g/mol. The van der Waals surface area contributed by atoms with Crippen molar-refractivity contribution >= 4 is 32.2 Å². The number of hydrogen-bond acceptors (Lipinski definition) is 7. The number of pyridine rings is 1. The van der Waals surface area contributed by atoms with Gasteiger partial charge in [0.15, 0.2) is 17.1 Å². The minimum absolute atomic E-state index is 0.0668. The van der Waals surface area contributed by atoms with Crippen molar-refractivity contribution in [1.82, 2.24) is 14.6 Å². The summed E-state index contributed by atoms with van der Waals surface area (Å²) in [6.45, 7) is 0.185. The van der Waals surface area contributed by atoms with Gasteiger partial charge < -0.3 is 9.47 Å². The first-order chi connectivity index (χ1) is 16.5. The SMILES string of the molecule is COC(=O)c1c(OCc2ccccc2)c2ccc(S(=O)(=O)c3ccccc3)cc2c2ncnn12. The van der Waals surface area contributed by atoms with Gasteiger partial charge in [-0.2, -0.15) is 5.10 Å². The fourth-order valence-corrected chi connectivity index (χ4v) is 5.08. The van der Waals surface area contributed by atoms with E-state index in [1.54, 1.807) is 36.4 Å². The quantitative estimate of drug-likeness (QED) is 0.343. The molecule has 9 heteroatoms. The van der Waals surface area contributed by atoms with Crippen molar-refractivity contribution in [1.29, 1.82) is 0 Å². The van der Waals surface area contributed by atoms with Gasteiger partial charge in [-0.05, 0) is 35.9 Å².